The minimum Gasteiger partial charge on any atom is -0.308 e. The Bertz CT molecular complexity index is 244. The third kappa shape index (κ3) is 2.25. The molecule has 0 unspecified atom stereocenters. The van der Waals surface area contributed by atoms with Crippen LogP contribution in [0.5, 0.6) is 0 Å². The maximum absolute atomic E-state index is 4.28. The van der Waals surface area contributed by atoms with Gasteiger partial charge < -0.3 is 5.32 Å². The van der Waals surface area contributed by atoms with Crippen LogP contribution in [-0.4, -0.2) is 11.0 Å². The summed E-state index contributed by atoms with van der Waals surface area (Å²) in [5.74, 6) is 0. The summed E-state index contributed by atoms with van der Waals surface area (Å²) in [7, 11) is 0. The van der Waals surface area contributed by atoms with Gasteiger partial charge in [-0.2, -0.15) is 0 Å². The van der Waals surface area contributed by atoms with Crippen molar-refractivity contribution in [3.63, 3.8) is 0 Å². The van der Waals surface area contributed by atoms with Gasteiger partial charge in [0.1, 0.15) is 9.61 Å². The lowest BCUT2D eigenvalue weighted by molar-refractivity contribution is 0.684. The second kappa shape index (κ2) is 3.21. The Hall–Kier alpha value is 0.0700. The molecule has 1 aliphatic carbocycles. The van der Waals surface area contributed by atoms with Crippen LogP contribution in [0, 0.1) is 0 Å². The molecular weight excluding hydrogens is 224 g/mol. The molecule has 60 valence electrons. The average molecular weight is 233 g/mol. The maximum atomic E-state index is 4.28. The summed E-state index contributed by atoms with van der Waals surface area (Å²) in [6.45, 7) is 0.931. The Morgan fingerprint density at radius 1 is 1.73 bits per heavy atom. The Balaban J connectivity index is 1.85. The SMILES string of the molecule is Brc1csc(CNC2CC2)n1. The van der Waals surface area contributed by atoms with Crippen LogP contribution in [0.3, 0.4) is 0 Å². The Morgan fingerprint density at radius 3 is 3.09 bits per heavy atom. The van der Waals surface area contributed by atoms with Gasteiger partial charge in [0.15, 0.2) is 0 Å². The van der Waals surface area contributed by atoms with Crippen molar-refractivity contribution in [2.24, 2.45) is 0 Å². The zero-order valence-electron chi connectivity index (χ0n) is 6.01. The lowest BCUT2D eigenvalue weighted by Crippen LogP contribution is -2.14. The van der Waals surface area contributed by atoms with Gasteiger partial charge in [-0.3, -0.25) is 0 Å². The Labute approximate surface area is 78.2 Å². The first-order chi connectivity index (χ1) is 5.34. The zero-order valence-corrected chi connectivity index (χ0v) is 8.41. The molecule has 2 rings (SSSR count). The van der Waals surface area contributed by atoms with Crippen molar-refractivity contribution >= 4 is 27.3 Å². The number of hydrogen-bond acceptors (Lipinski definition) is 3. The summed E-state index contributed by atoms with van der Waals surface area (Å²) >= 11 is 5.03. The molecular formula is C7H9BrN2S. The molecule has 4 heteroatoms. The van der Waals surface area contributed by atoms with Gasteiger partial charge in [0.25, 0.3) is 0 Å². The molecule has 1 aromatic heterocycles. The number of rotatable bonds is 3. The molecule has 0 atom stereocenters. The van der Waals surface area contributed by atoms with E-state index in [1.807, 2.05) is 5.38 Å². The fraction of sp³-hybridized carbons (Fsp3) is 0.571. The van der Waals surface area contributed by atoms with Gasteiger partial charge in [0, 0.05) is 18.0 Å². The molecule has 0 radical (unpaired) electrons. The van der Waals surface area contributed by atoms with Crippen LogP contribution in [-0.2, 0) is 6.54 Å². The molecule has 2 nitrogen and oxygen atoms in total. The molecule has 0 aromatic carbocycles. The highest BCUT2D eigenvalue weighted by molar-refractivity contribution is 9.10. The van der Waals surface area contributed by atoms with Crippen LogP contribution in [0.1, 0.15) is 17.8 Å². The largest absolute Gasteiger partial charge is 0.308 e. The molecule has 1 aliphatic rings. The quantitative estimate of drug-likeness (QED) is 0.865. The molecule has 1 aromatic rings. The predicted octanol–water partition coefficient (Wildman–Crippen LogP) is 2.16. The summed E-state index contributed by atoms with van der Waals surface area (Å²) in [4.78, 5) is 4.28. The number of nitrogens with zero attached hydrogens (tertiary/aromatic N) is 1. The molecule has 0 saturated heterocycles. The van der Waals surface area contributed by atoms with E-state index < -0.39 is 0 Å². The van der Waals surface area contributed by atoms with Gasteiger partial charge in [0.2, 0.25) is 0 Å². The van der Waals surface area contributed by atoms with E-state index in [4.69, 9.17) is 0 Å². The highest BCUT2D eigenvalue weighted by Crippen LogP contribution is 2.20. The van der Waals surface area contributed by atoms with E-state index in [2.05, 4.69) is 26.2 Å². The fourth-order valence-corrected chi connectivity index (χ4v) is 2.10. The van der Waals surface area contributed by atoms with Crippen LogP contribution in [0.2, 0.25) is 0 Å². The van der Waals surface area contributed by atoms with Gasteiger partial charge in [-0.15, -0.1) is 11.3 Å². The number of thiazole rings is 1. The summed E-state index contributed by atoms with van der Waals surface area (Å²) in [6.07, 6.45) is 2.68. The van der Waals surface area contributed by atoms with Crippen LogP contribution in [0.15, 0.2) is 9.98 Å². The Morgan fingerprint density at radius 2 is 2.55 bits per heavy atom. The second-order valence-corrected chi connectivity index (χ2v) is 4.47. The van der Waals surface area contributed by atoms with Crippen molar-refractivity contribution in [2.75, 3.05) is 0 Å². The van der Waals surface area contributed by atoms with E-state index in [1.54, 1.807) is 11.3 Å². The standard InChI is InChI=1S/C7H9BrN2S/c8-6-4-11-7(10-6)3-9-5-1-2-5/h4-5,9H,1-3H2. The van der Waals surface area contributed by atoms with Crippen molar-refractivity contribution in [1.29, 1.82) is 0 Å². The van der Waals surface area contributed by atoms with Crippen LogP contribution in [0.4, 0.5) is 0 Å². The van der Waals surface area contributed by atoms with Crippen LogP contribution < -0.4 is 5.32 Å². The zero-order chi connectivity index (χ0) is 7.68. The second-order valence-electron chi connectivity index (χ2n) is 2.72. The number of halogens is 1. The fourth-order valence-electron chi connectivity index (χ4n) is 0.889. The number of nitrogens with one attached hydrogen (secondary N) is 1. The molecule has 0 bridgehead atoms. The lowest BCUT2D eigenvalue weighted by Gasteiger charge is -1.96. The minimum absolute atomic E-state index is 0.776. The molecule has 1 N–H and O–H groups in total. The van der Waals surface area contributed by atoms with E-state index in [1.165, 1.54) is 17.8 Å². The van der Waals surface area contributed by atoms with E-state index in [0.717, 1.165) is 17.2 Å². The number of hydrogen-bond donors (Lipinski definition) is 1. The third-order valence-electron chi connectivity index (χ3n) is 1.64. The first-order valence-corrected chi connectivity index (χ1v) is 5.35. The molecule has 0 amide bonds. The van der Waals surface area contributed by atoms with Crippen LogP contribution in [0.25, 0.3) is 0 Å². The summed E-state index contributed by atoms with van der Waals surface area (Å²) in [5, 5.41) is 6.60. The molecule has 1 heterocycles. The van der Waals surface area contributed by atoms with Crippen molar-refractivity contribution in [3.8, 4) is 0 Å². The molecule has 1 saturated carbocycles. The first kappa shape index (κ1) is 7.71. The van der Waals surface area contributed by atoms with Crippen molar-refractivity contribution in [3.05, 3.63) is 15.0 Å². The van der Waals surface area contributed by atoms with Crippen molar-refractivity contribution in [2.45, 2.75) is 25.4 Å². The van der Waals surface area contributed by atoms with Gasteiger partial charge in [-0.25, -0.2) is 4.98 Å². The average Bonchev–Trinajstić information content (AvgIpc) is 2.72. The highest BCUT2D eigenvalue weighted by Gasteiger charge is 2.20. The van der Waals surface area contributed by atoms with Gasteiger partial charge in [0.05, 0.1) is 0 Å². The monoisotopic (exact) mass is 232 g/mol. The van der Waals surface area contributed by atoms with E-state index in [-0.39, 0.29) is 0 Å². The van der Waals surface area contributed by atoms with E-state index in [0.29, 0.717) is 0 Å². The van der Waals surface area contributed by atoms with Gasteiger partial charge >= 0.3 is 0 Å². The first-order valence-electron chi connectivity index (χ1n) is 3.68. The lowest BCUT2D eigenvalue weighted by atomic mass is 10.6. The summed E-state index contributed by atoms with van der Waals surface area (Å²) in [6, 6.07) is 0.776. The predicted molar refractivity (Wildman–Crippen MR) is 49.7 cm³/mol. The maximum Gasteiger partial charge on any atom is 0.117 e. The van der Waals surface area contributed by atoms with E-state index in [9.17, 15) is 0 Å². The molecule has 11 heavy (non-hydrogen) atoms. The van der Waals surface area contributed by atoms with Crippen molar-refractivity contribution in [1.82, 2.24) is 10.3 Å². The van der Waals surface area contributed by atoms with Gasteiger partial charge in [-0.05, 0) is 28.8 Å². The smallest absolute Gasteiger partial charge is 0.117 e. The third-order valence-corrected chi connectivity index (χ3v) is 3.20. The summed E-state index contributed by atoms with van der Waals surface area (Å²) < 4.78 is 0.954. The Kier molecular flexibility index (Phi) is 2.25. The molecule has 0 aliphatic heterocycles. The van der Waals surface area contributed by atoms with Gasteiger partial charge in [-0.1, -0.05) is 0 Å². The highest BCUT2D eigenvalue weighted by atomic mass is 79.9. The normalized spacial score (nSPS) is 17.2. The molecule has 1 fully saturated rings. The topological polar surface area (TPSA) is 24.9 Å². The minimum atomic E-state index is 0.776. The van der Waals surface area contributed by atoms with Crippen molar-refractivity contribution < 1.29 is 0 Å². The summed E-state index contributed by atoms with van der Waals surface area (Å²) in [5.41, 5.74) is 0. The van der Waals surface area contributed by atoms with E-state index >= 15 is 0 Å². The molecule has 0 spiro atoms. The van der Waals surface area contributed by atoms with Crippen LogP contribution >= 0.6 is 27.3 Å². The number of aromatic nitrogens is 1.